The number of carbonyl (C=O) groups excluding carboxylic acids is 1. The number of anilines is 1. The summed E-state index contributed by atoms with van der Waals surface area (Å²) in [5, 5.41) is 2.99. The van der Waals surface area contributed by atoms with E-state index in [1.54, 1.807) is 0 Å². The lowest BCUT2D eigenvalue weighted by atomic mass is 10.0. The van der Waals surface area contributed by atoms with Gasteiger partial charge in [-0.25, -0.2) is 0 Å². The first kappa shape index (κ1) is 18.0. The SMILES string of the molecule is CCc1cccc(CC)c1NC(=O)COc1ccc(Br)cc1Br. The second kappa shape index (κ2) is 8.50. The van der Waals surface area contributed by atoms with Gasteiger partial charge in [-0.2, -0.15) is 0 Å². The van der Waals surface area contributed by atoms with Crippen LogP contribution in [0.15, 0.2) is 45.3 Å². The van der Waals surface area contributed by atoms with E-state index in [4.69, 9.17) is 4.74 Å². The molecule has 2 rings (SSSR count). The lowest BCUT2D eigenvalue weighted by Gasteiger charge is -2.15. The Labute approximate surface area is 153 Å². The summed E-state index contributed by atoms with van der Waals surface area (Å²) in [6, 6.07) is 11.7. The van der Waals surface area contributed by atoms with Gasteiger partial charge in [-0.05, 0) is 58.1 Å². The van der Waals surface area contributed by atoms with Gasteiger partial charge in [0.05, 0.1) is 4.47 Å². The molecule has 0 aromatic heterocycles. The minimum Gasteiger partial charge on any atom is -0.483 e. The molecule has 0 aliphatic rings. The zero-order valence-electron chi connectivity index (χ0n) is 13.2. The number of carbonyl (C=O) groups is 1. The number of ether oxygens (including phenoxy) is 1. The average Bonchev–Trinajstić information content (AvgIpc) is 2.54. The zero-order valence-corrected chi connectivity index (χ0v) is 16.3. The van der Waals surface area contributed by atoms with Crippen LogP contribution in [-0.2, 0) is 17.6 Å². The largest absolute Gasteiger partial charge is 0.483 e. The molecule has 5 heteroatoms. The smallest absolute Gasteiger partial charge is 0.262 e. The van der Waals surface area contributed by atoms with E-state index >= 15 is 0 Å². The number of aryl methyl sites for hydroxylation is 2. The van der Waals surface area contributed by atoms with Crippen LogP contribution in [0.25, 0.3) is 0 Å². The van der Waals surface area contributed by atoms with Crippen LogP contribution >= 0.6 is 31.9 Å². The van der Waals surface area contributed by atoms with Crippen molar-refractivity contribution in [1.29, 1.82) is 0 Å². The van der Waals surface area contributed by atoms with Gasteiger partial charge in [0.15, 0.2) is 6.61 Å². The van der Waals surface area contributed by atoms with Gasteiger partial charge in [0.1, 0.15) is 5.75 Å². The quantitative estimate of drug-likeness (QED) is 0.656. The maximum absolute atomic E-state index is 12.2. The highest BCUT2D eigenvalue weighted by Gasteiger charge is 2.11. The first-order valence-electron chi connectivity index (χ1n) is 7.53. The normalized spacial score (nSPS) is 10.4. The van der Waals surface area contributed by atoms with Gasteiger partial charge in [0.25, 0.3) is 5.91 Å². The van der Waals surface area contributed by atoms with E-state index in [0.29, 0.717) is 5.75 Å². The molecule has 1 N–H and O–H groups in total. The molecular formula is C18H19Br2NO2. The predicted octanol–water partition coefficient (Wildman–Crippen LogP) is 5.35. The molecule has 23 heavy (non-hydrogen) atoms. The molecule has 0 aliphatic heterocycles. The van der Waals surface area contributed by atoms with Crippen molar-refractivity contribution in [2.24, 2.45) is 0 Å². The Kier molecular flexibility index (Phi) is 6.66. The summed E-state index contributed by atoms with van der Waals surface area (Å²) in [6.45, 7) is 4.14. The monoisotopic (exact) mass is 439 g/mol. The molecular weight excluding hydrogens is 422 g/mol. The molecule has 2 aromatic carbocycles. The van der Waals surface area contributed by atoms with Crippen molar-refractivity contribution in [2.75, 3.05) is 11.9 Å². The Morgan fingerprint density at radius 2 is 1.74 bits per heavy atom. The Bertz CT molecular complexity index is 679. The van der Waals surface area contributed by atoms with Crippen LogP contribution in [0.5, 0.6) is 5.75 Å². The van der Waals surface area contributed by atoms with Gasteiger partial charge in [0, 0.05) is 10.2 Å². The fourth-order valence-corrected chi connectivity index (χ4v) is 3.48. The third-order valence-electron chi connectivity index (χ3n) is 3.52. The Hall–Kier alpha value is -1.33. The van der Waals surface area contributed by atoms with Gasteiger partial charge < -0.3 is 10.1 Å². The molecule has 3 nitrogen and oxygen atoms in total. The number of hydrogen-bond donors (Lipinski definition) is 1. The molecule has 0 bridgehead atoms. The van der Waals surface area contributed by atoms with Crippen molar-refractivity contribution >= 4 is 43.5 Å². The van der Waals surface area contributed by atoms with Crippen molar-refractivity contribution in [3.63, 3.8) is 0 Å². The van der Waals surface area contributed by atoms with Gasteiger partial charge in [-0.3, -0.25) is 4.79 Å². The molecule has 0 atom stereocenters. The molecule has 0 fully saturated rings. The molecule has 0 saturated carbocycles. The van der Waals surface area contributed by atoms with E-state index in [-0.39, 0.29) is 12.5 Å². The van der Waals surface area contributed by atoms with Crippen molar-refractivity contribution in [1.82, 2.24) is 0 Å². The minimum absolute atomic E-state index is 0.0264. The van der Waals surface area contributed by atoms with E-state index in [9.17, 15) is 4.79 Å². The molecule has 1 amide bonds. The second-order valence-electron chi connectivity index (χ2n) is 5.07. The molecule has 2 aromatic rings. The van der Waals surface area contributed by atoms with Crippen LogP contribution in [-0.4, -0.2) is 12.5 Å². The number of para-hydroxylation sites is 1. The van der Waals surface area contributed by atoms with E-state index in [1.807, 2.05) is 36.4 Å². The number of rotatable bonds is 6. The Morgan fingerprint density at radius 1 is 1.09 bits per heavy atom. The molecule has 0 unspecified atom stereocenters. The predicted molar refractivity (Wildman–Crippen MR) is 101 cm³/mol. The van der Waals surface area contributed by atoms with Crippen LogP contribution < -0.4 is 10.1 Å². The lowest BCUT2D eigenvalue weighted by Crippen LogP contribution is -2.21. The summed E-state index contributed by atoms with van der Waals surface area (Å²) in [5.41, 5.74) is 3.20. The van der Waals surface area contributed by atoms with Crippen LogP contribution in [0.4, 0.5) is 5.69 Å². The first-order valence-corrected chi connectivity index (χ1v) is 9.12. The lowest BCUT2D eigenvalue weighted by molar-refractivity contribution is -0.118. The van der Waals surface area contributed by atoms with E-state index in [2.05, 4.69) is 51.0 Å². The number of hydrogen-bond acceptors (Lipinski definition) is 2. The summed E-state index contributed by atoms with van der Waals surface area (Å²) in [5.74, 6) is 0.485. The standard InChI is InChI=1S/C18H19Br2NO2/c1-3-12-6-5-7-13(4-2)18(12)21-17(22)11-23-16-9-8-14(19)10-15(16)20/h5-10H,3-4,11H2,1-2H3,(H,21,22). The molecule has 122 valence electrons. The van der Waals surface area contributed by atoms with Crippen LogP contribution in [0.1, 0.15) is 25.0 Å². The second-order valence-corrected chi connectivity index (χ2v) is 6.84. The highest BCUT2D eigenvalue weighted by molar-refractivity contribution is 9.11. The molecule has 0 heterocycles. The van der Waals surface area contributed by atoms with Crippen LogP contribution in [0.3, 0.4) is 0 Å². The Morgan fingerprint density at radius 3 is 2.30 bits per heavy atom. The fraction of sp³-hybridized carbons (Fsp3) is 0.278. The highest BCUT2D eigenvalue weighted by atomic mass is 79.9. The van der Waals surface area contributed by atoms with Crippen LogP contribution in [0.2, 0.25) is 0 Å². The van der Waals surface area contributed by atoms with Gasteiger partial charge in [-0.15, -0.1) is 0 Å². The zero-order chi connectivity index (χ0) is 16.8. The molecule has 0 spiro atoms. The maximum Gasteiger partial charge on any atom is 0.262 e. The van der Waals surface area contributed by atoms with Gasteiger partial charge in [0.2, 0.25) is 0 Å². The maximum atomic E-state index is 12.2. The third-order valence-corrected chi connectivity index (χ3v) is 4.63. The van der Waals surface area contributed by atoms with Gasteiger partial charge >= 0.3 is 0 Å². The fourth-order valence-electron chi connectivity index (χ4n) is 2.31. The van der Waals surface area contributed by atoms with E-state index in [1.165, 1.54) is 0 Å². The molecule has 0 aliphatic carbocycles. The summed E-state index contributed by atoms with van der Waals surface area (Å²) in [6.07, 6.45) is 1.76. The van der Waals surface area contributed by atoms with Crippen molar-refractivity contribution in [3.8, 4) is 5.75 Å². The summed E-state index contributed by atoms with van der Waals surface area (Å²) in [7, 11) is 0. The Balaban J connectivity index is 2.05. The number of amides is 1. The van der Waals surface area contributed by atoms with Crippen molar-refractivity contribution < 1.29 is 9.53 Å². The summed E-state index contributed by atoms with van der Waals surface area (Å²) in [4.78, 5) is 12.2. The first-order chi connectivity index (χ1) is 11.0. The van der Waals surface area contributed by atoms with E-state index in [0.717, 1.165) is 38.6 Å². The van der Waals surface area contributed by atoms with Crippen LogP contribution in [0, 0.1) is 0 Å². The number of halogens is 2. The van der Waals surface area contributed by atoms with Crippen molar-refractivity contribution in [3.05, 3.63) is 56.5 Å². The topological polar surface area (TPSA) is 38.3 Å². The molecule has 0 radical (unpaired) electrons. The number of benzene rings is 2. The highest BCUT2D eigenvalue weighted by Crippen LogP contribution is 2.28. The third kappa shape index (κ3) is 4.82. The van der Waals surface area contributed by atoms with E-state index < -0.39 is 0 Å². The summed E-state index contributed by atoms with van der Waals surface area (Å²) < 4.78 is 7.35. The van der Waals surface area contributed by atoms with Crippen molar-refractivity contribution in [2.45, 2.75) is 26.7 Å². The number of nitrogens with one attached hydrogen (secondary N) is 1. The minimum atomic E-state index is -0.157. The average molecular weight is 441 g/mol. The molecule has 0 saturated heterocycles. The van der Waals surface area contributed by atoms with Gasteiger partial charge in [-0.1, -0.05) is 48.0 Å². The summed E-state index contributed by atoms with van der Waals surface area (Å²) >= 11 is 6.81.